The fourth-order valence-electron chi connectivity index (χ4n) is 0.806. The van der Waals surface area contributed by atoms with Crippen molar-refractivity contribution in [2.24, 2.45) is 15.4 Å². The highest BCUT2D eigenvalue weighted by Gasteiger charge is 2.16. The fraction of sp³-hybridized carbons (Fsp3) is 0.500. The van der Waals surface area contributed by atoms with E-state index in [1.807, 2.05) is 26.8 Å². The molecule has 0 atom stereocenters. The Labute approximate surface area is 89.8 Å². The summed E-state index contributed by atoms with van der Waals surface area (Å²) in [6.07, 6.45) is 1.61. The zero-order valence-electron chi connectivity index (χ0n) is 8.71. The van der Waals surface area contributed by atoms with Crippen molar-refractivity contribution in [1.82, 2.24) is 0 Å². The maximum Gasteiger partial charge on any atom is 0.138 e. The predicted molar refractivity (Wildman–Crippen MR) is 60.9 cm³/mol. The topological polar surface area (TPSA) is 48.5 Å². The first kappa shape index (κ1) is 12.9. The van der Waals surface area contributed by atoms with Crippen molar-refractivity contribution in [1.29, 1.82) is 5.26 Å². The normalized spacial score (nSPS) is 13.6. The standard InChI is InChI=1S/C10H14ClN3/c1-10(2,3)9(13-4)5-8(6-12)14-7-11/h5H,4,7H2,1-3H3/b9-5-,14-8?. The Morgan fingerprint density at radius 3 is 2.43 bits per heavy atom. The van der Waals surface area contributed by atoms with Crippen molar-refractivity contribution >= 4 is 24.0 Å². The maximum absolute atomic E-state index is 8.72. The lowest BCUT2D eigenvalue weighted by molar-refractivity contribution is 0.500. The first-order chi connectivity index (χ1) is 6.45. The van der Waals surface area contributed by atoms with Crippen LogP contribution < -0.4 is 0 Å². The lowest BCUT2D eigenvalue weighted by Gasteiger charge is -2.18. The molecule has 0 saturated heterocycles. The monoisotopic (exact) mass is 211 g/mol. The average molecular weight is 212 g/mol. The van der Waals surface area contributed by atoms with E-state index in [0.29, 0.717) is 0 Å². The molecule has 0 aliphatic carbocycles. The molecule has 0 bridgehead atoms. The van der Waals surface area contributed by atoms with Crippen molar-refractivity contribution in [3.05, 3.63) is 11.8 Å². The number of rotatable bonds is 3. The van der Waals surface area contributed by atoms with Gasteiger partial charge < -0.3 is 0 Å². The van der Waals surface area contributed by atoms with Crippen LogP contribution in [0.3, 0.4) is 0 Å². The average Bonchev–Trinajstić information content (AvgIpc) is 2.10. The highest BCUT2D eigenvalue weighted by atomic mass is 35.5. The molecule has 0 heterocycles. The fourth-order valence-corrected chi connectivity index (χ4v) is 0.935. The van der Waals surface area contributed by atoms with E-state index >= 15 is 0 Å². The first-order valence-corrected chi connectivity index (χ1v) is 4.68. The van der Waals surface area contributed by atoms with Crippen LogP contribution in [0.2, 0.25) is 0 Å². The third kappa shape index (κ3) is 4.20. The molecular weight excluding hydrogens is 198 g/mol. The minimum Gasteiger partial charge on any atom is -0.268 e. The summed E-state index contributed by atoms with van der Waals surface area (Å²) in [4.78, 5) is 7.67. The van der Waals surface area contributed by atoms with E-state index in [1.54, 1.807) is 6.08 Å². The minimum atomic E-state index is -0.147. The highest BCUT2D eigenvalue weighted by Crippen LogP contribution is 2.25. The van der Waals surface area contributed by atoms with Gasteiger partial charge in [-0.15, -0.1) is 11.6 Å². The Bertz CT molecular complexity index is 302. The zero-order valence-corrected chi connectivity index (χ0v) is 9.47. The summed E-state index contributed by atoms with van der Waals surface area (Å²) in [6, 6.07) is 2.02. The number of nitriles is 1. The quantitative estimate of drug-likeness (QED) is 0.402. The van der Waals surface area contributed by atoms with Crippen molar-refractivity contribution in [2.45, 2.75) is 20.8 Å². The largest absolute Gasteiger partial charge is 0.268 e. The molecule has 0 radical (unpaired) electrons. The van der Waals surface area contributed by atoms with E-state index in [2.05, 4.69) is 16.7 Å². The molecular formula is C10H14ClN3. The Morgan fingerprint density at radius 1 is 1.57 bits per heavy atom. The summed E-state index contributed by atoms with van der Waals surface area (Å²) in [5.74, 6) is 0. The van der Waals surface area contributed by atoms with Gasteiger partial charge in [0, 0.05) is 11.1 Å². The van der Waals surface area contributed by atoms with E-state index in [4.69, 9.17) is 16.9 Å². The van der Waals surface area contributed by atoms with Crippen LogP contribution in [0, 0.1) is 16.7 Å². The molecule has 0 N–H and O–H groups in total. The predicted octanol–water partition coefficient (Wildman–Crippen LogP) is 2.78. The van der Waals surface area contributed by atoms with E-state index in [9.17, 15) is 0 Å². The Balaban J connectivity index is 5.04. The van der Waals surface area contributed by atoms with Crippen LogP contribution in [0.1, 0.15) is 20.8 Å². The van der Waals surface area contributed by atoms with Crippen molar-refractivity contribution < 1.29 is 0 Å². The van der Waals surface area contributed by atoms with Gasteiger partial charge >= 0.3 is 0 Å². The number of nitrogens with zero attached hydrogens (tertiary/aromatic N) is 3. The molecule has 0 rings (SSSR count). The van der Waals surface area contributed by atoms with Gasteiger partial charge in [0.25, 0.3) is 0 Å². The molecule has 0 fully saturated rings. The second-order valence-electron chi connectivity index (χ2n) is 3.71. The Kier molecular flexibility index (Phi) is 5.11. The van der Waals surface area contributed by atoms with Gasteiger partial charge in [-0.3, -0.25) is 9.98 Å². The molecule has 76 valence electrons. The molecule has 0 aliphatic rings. The van der Waals surface area contributed by atoms with Crippen LogP contribution in [0.4, 0.5) is 0 Å². The molecule has 0 spiro atoms. The summed E-state index contributed by atoms with van der Waals surface area (Å²) < 4.78 is 0. The number of allylic oxidation sites excluding steroid dienone is 2. The summed E-state index contributed by atoms with van der Waals surface area (Å²) in [5, 5.41) is 8.72. The second-order valence-corrected chi connectivity index (χ2v) is 3.95. The van der Waals surface area contributed by atoms with Gasteiger partial charge in [0.05, 0.1) is 0 Å². The Hall–Kier alpha value is -1.14. The highest BCUT2D eigenvalue weighted by molar-refractivity contribution is 6.19. The molecule has 0 unspecified atom stereocenters. The molecule has 14 heavy (non-hydrogen) atoms. The summed E-state index contributed by atoms with van der Waals surface area (Å²) in [5.41, 5.74) is 0.853. The van der Waals surface area contributed by atoms with Gasteiger partial charge in [0.2, 0.25) is 0 Å². The lowest BCUT2D eigenvalue weighted by Crippen LogP contribution is -2.09. The summed E-state index contributed by atoms with van der Waals surface area (Å²) in [7, 11) is 0. The van der Waals surface area contributed by atoms with E-state index < -0.39 is 0 Å². The van der Waals surface area contributed by atoms with Crippen molar-refractivity contribution in [3.8, 4) is 6.07 Å². The molecule has 0 aromatic rings. The van der Waals surface area contributed by atoms with Gasteiger partial charge in [-0.1, -0.05) is 20.8 Å². The molecule has 3 nitrogen and oxygen atoms in total. The third-order valence-electron chi connectivity index (χ3n) is 1.56. The second kappa shape index (κ2) is 5.56. The van der Waals surface area contributed by atoms with Gasteiger partial charge in [-0.05, 0) is 12.8 Å². The van der Waals surface area contributed by atoms with Gasteiger partial charge in [0.15, 0.2) is 0 Å². The van der Waals surface area contributed by atoms with Crippen molar-refractivity contribution in [2.75, 3.05) is 6.00 Å². The first-order valence-electron chi connectivity index (χ1n) is 4.15. The van der Waals surface area contributed by atoms with Crippen molar-refractivity contribution in [3.63, 3.8) is 0 Å². The lowest BCUT2D eigenvalue weighted by atomic mass is 9.91. The molecule has 0 aromatic heterocycles. The minimum absolute atomic E-state index is 0.0773. The maximum atomic E-state index is 8.72. The smallest absolute Gasteiger partial charge is 0.138 e. The number of aliphatic imine (C=N–C) groups is 2. The summed E-state index contributed by atoms with van der Waals surface area (Å²) >= 11 is 5.40. The van der Waals surface area contributed by atoms with E-state index in [-0.39, 0.29) is 17.1 Å². The van der Waals surface area contributed by atoms with Gasteiger partial charge in [-0.2, -0.15) is 5.26 Å². The van der Waals surface area contributed by atoms with Crippen LogP contribution in [0.5, 0.6) is 0 Å². The van der Waals surface area contributed by atoms with Gasteiger partial charge in [-0.25, -0.2) is 0 Å². The van der Waals surface area contributed by atoms with Crippen LogP contribution >= 0.6 is 11.6 Å². The number of halogens is 1. The van der Waals surface area contributed by atoms with E-state index in [0.717, 1.165) is 5.70 Å². The van der Waals surface area contributed by atoms with Crippen LogP contribution in [0.15, 0.2) is 21.8 Å². The van der Waals surface area contributed by atoms with Gasteiger partial charge in [0.1, 0.15) is 17.8 Å². The zero-order chi connectivity index (χ0) is 11.2. The summed E-state index contributed by atoms with van der Waals surface area (Å²) in [6.45, 7) is 9.43. The SMILES string of the molecule is C=N/C(=C\C(C#N)=NCCl)C(C)(C)C. The number of hydrogen-bond donors (Lipinski definition) is 0. The number of alkyl halides is 1. The van der Waals surface area contributed by atoms with Crippen LogP contribution in [0.25, 0.3) is 0 Å². The van der Waals surface area contributed by atoms with Crippen LogP contribution in [-0.2, 0) is 0 Å². The Morgan fingerprint density at radius 2 is 2.14 bits per heavy atom. The number of hydrogen-bond acceptors (Lipinski definition) is 3. The van der Waals surface area contributed by atoms with Crippen LogP contribution in [-0.4, -0.2) is 18.4 Å². The molecule has 4 heteroatoms. The molecule has 0 aromatic carbocycles. The molecule has 0 amide bonds. The molecule has 0 aliphatic heterocycles. The molecule has 0 saturated carbocycles. The van der Waals surface area contributed by atoms with E-state index in [1.165, 1.54) is 0 Å². The third-order valence-corrected chi connectivity index (χ3v) is 1.68.